The first-order valence-electron chi connectivity index (χ1n) is 4.67. The number of ether oxygens (including phenoxy) is 2. The molecule has 1 heterocycles. The van der Waals surface area contributed by atoms with Crippen molar-refractivity contribution in [1.82, 2.24) is 0 Å². The normalized spacial score (nSPS) is 15.6. The summed E-state index contributed by atoms with van der Waals surface area (Å²) in [4.78, 5) is 10.8. The van der Waals surface area contributed by atoms with Gasteiger partial charge in [-0.1, -0.05) is 0 Å². The summed E-state index contributed by atoms with van der Waals surface area (Å²) in [6.45, 7) is 0.478. The lowest BCUT2D eigenvalue weighted by molar-refractivity contribution is -0.138. The molecule has 0 spiro atoms. The molecule has 1 atom stereocenters. The Morgan fingerprint density at radius 3 is 2.62 bits per heavy atom. The molecule has 0 aromatic heterocycles. The van der Waals surface area contributed by atoms with Crippen LogP contribution in [0.25, 0.3) is 0 Å². The molecule has 6 heteroatoms. The van der Waals surface area contributed by atoms with Crippen molar-refractivity contribution in [3.63, 3.8) is 0 Å². The fourth-order valence-electron chi connectivity index (χ4n) is 1.50. The Hall–Kier alpha value is -1.82. The molecule has 16 heavy (non-hydrogen) atoms. The van der Waals surface area contributed by atoms with Gasteiger partial charge in [0.25, 0.3) is 0 Å². The number of carboxylic acids is 1. The van der Waals surface area contributed by atoms with Crippen molar-refractivity contribution in [2.75, 3.05) is 13.2 Å². The van der Waals surface area contributed by atoms with Crippen LogP contribution in [-0.2, 0) is 4.79 Å². The predicted molar refractivity (Wildman–Crippen MR) is 52.0 cm³/mol. The van der Waals surface area contributed by atoms with E-state index in [4.69, 9.17) is 20.3 Å². The van der Waals surface area contributed by atoms with Crippen LogP contribution in [0.1, 0.15) is 11.6 Å². The van der Waals surface area contributed by atoms with Gasteiger partial charge in [0.15, 0.2) is 17.3 Å². The van der Waals surface area contributed by atoms with Crippen molar-refractivity contribution in [3.8, 4) is 11.5 Å². The van der Waals surface area contributed by atoms with Crippen LogP contribution < -0.4 is 15.2 Å². The van der Waals surface area contributed by atoms with Gasteiger partial charge < -0.3 is 20.3 Å². The lowest BCUT2D eigenvalue weighted by Gasteiger charge is -2.22. The first-order valence-corrected chi connectivity index (χ1v) is 4.67. The molecule has 1 aliphatic rings. The highest BCUT2D eigenvalue weighted by Gasteiger charge is 2.26. The molecule has 0 fully saturated rings. The Balaban J connectivity index is 2.50. The van der Waals surface area contributed by atoms with E-state index in [1.165, 1.54) is 6.07 Å². The molecule has 5 nitrogen and oxygen atoms in total. The van der Waals surface area contributed by atoms with E-state index in [1.807, 2.05) is 0 Å². The van der Waals surface area contributed by atoms with Crippen LogP contribution in [0.4, 0.5) is 4.39 Å². The summed E-state index contributed by atoms with van der Waals surface area (Å²) >= 11 is 0. The van der Waals surface area contributed by atoms with E-state index in [1.54, 1.807) is 0 Å². The number of aliphatic carboxylic acids is 1. The Labute approximate surface area is 90.6 Å². The predicted octanol–water partition coefficient (Wildman–Crippen LogP) is 0.681. The summed E-state index contributed by atoms with van der Waals surface area (Å²) in [7, 11) is 0. The molecule has 1 unspecified atom stereocenters. The molecular weight excluding hydrogens is 217 g/mol. The highest BCUT2D eigenvalue weighted by molar-refractivity contribution is 5.77. The molecule has 0 aliphatic carbocycles. The number of carboxylic acid groups (broad SMARTS) is 1. The first-order chi connectivity index (χ1) is 7.61. The summed E-state index contributed by atoms with van der Waals surface area (Å²) in [5.41, 5.74) is 5.67. The van der Waals surface area contributed by atoms with Gasteiger partial charge >= 0.3 is 5.97 Å². The second kappa shape index (κ2) is 3.97. The van der Waals surface area contributed by atoms with E-state index >= 15 is 0 Å². The highest BCUT2D eigenvalue weighted by Crippen LogP contribution is 2.38. The minimum absolute atomic E-state index is 0.0690. The average molecular weight is 227 g/mol. The van der Waals surface area contributed by atoms with Gasteiger partial charge in [-0.3, -0.25) is 4.79 Å². The average Bonchev–Trinajstić information content (AvgIpc) is 2.29. The highest BCUT2D eigenvalue weighted by atomic mass is 19.1. The molecule has 3 N–H and O–H groups in total. The van der Waals surface area contributed by atoms with Gasteiger partial charge in [0.2, 0.25) is 0 Å². The van der Waals surface area contributed by atoms with Crippen molar-refractivity contribution in [3.05, 3.63) is 23.5 Å². The second-order valence-corrected chi connectivity index (χ2v) is 3.31. The fourth-order valence-corrected chi connectivity index (χ4v) is 1.50. The van der Waals surface area contributed by atoms with Crippen molar-refractivity contribution in [1.29, 1.82) is 0 Å². The minimum atomic E-state index is -1.25. The Bertz CT molecular complexity index is 435. The van der Waals surface area contributed by atoms with Crippen molar-refractivity contribution >= 4 is 5.97 Å². The summed E-state index contributed by atoms with van der Waals surface area (Å²) in [5, 5.41) is 8.79. The van der Waals surface area contributed by atoms with Gasteiger partial charge in [-0.15, -0.1) is 0 Å². The number of rotatable bonds is 2. The second-order valence-electron chi connectivity index (χ2n) is 3.31. The van der Waals surface area contributed by atoms with E-state index in [0.717, 1.165) is 6.07 Å². The third-order valence-corrected chi connectivity index (χ3v) is 2.27. The quantitative estimate of drug-likeness (QED) is 0.776. The Morgan fingerprint density at radius 2 is 2.00 bits per heavy atom. The van der Waals surface area contributed by atoms with E-state index in [9.17, 15) is 9.18 Å². The summed E-state index contributed by atoms with van der Waals surface area (Å²) < 4.78 is 23.6. The zero-order valence-corrected chi connectivity index (χ0v) is 8.27. The van der Waals surface area contributed by atoms with Crippen LogP contribution in [0.2, 0.25) is 0 Å². The maximum atomic E-state index is 13.3. The molecule has 1 aromatic carbocycles. The molecule has 0 saturated heterocycles. The third kappa shape index (κ3) is 1.67. The molecule has 86 valence electrons. The minimum Gasteiger partial charge on any atom is -0.486 e. The molecular formula is C10H10FNO4. The van der Waals surface area contributed by atoms with Gasteiger partial charge in [-0.05, 0) is 12.1 Å². The first kappa shape index (κ1) is 10.7. The third-order valence-electron chi connectivity index (χ3n) is 2.27. The molecule has 1 aliphatic heterocycles. The van der Waals surface area contributed by atoms with Gasteiger partial charge in [0.05, 0.1) is 0 Å². The lowest BCUT2D eigenvalue weighted by Crippen LogP contribution is -2.24. The molecule has 0 radical (unpaired) electrons. The molecule has 0 saturated carbocycles. The largest absolute Gasteiger partial charge is 0.486 e. The molecule has 2 rings (SSSR count). The zero-order valence-electron chi connectivity index (χ0n) is 8.27. The standard InChI is InChI=1S/C10H10FNO4/c11-6-2-1-5(7(12)10(13)14)8-9(6)16-4-3-15-8/h1-2,7H,3-4,12H2,(H,13,14). The maximum absolute atomic E-state index is 13.3. The van der Waals surface area contributed by atoms with Crippen LogP contribution in [0.3, 0.4) is 0 Å². The van der Waals surface area contributed by atoms with Crippen molar-refractivity contribution in [2.24, 2.45) is 5.73 Å². The van der Waals surface area contributed by atoms with E-state index < -0.39 is 17.8 Å². The van der Waals surface area contributed by atoms with E-state index in [-0.39, 0.29) is 30.3 Å². The number of hydrogen-bond donors (Lipinski definition) is 2. The van der Waals surface area contributed by atoms with Gasteiger partial charge in [-0.2, -0.15) is 0 Å². The maximum Gasteiger partial charge on any atom is 0.325 e. The van der Waals surface area contributed by atoms with Crippen LogP contribution >= 0.6 is 0 Å². The van der Waals surface area contributed by atoms with Crippen LogP contribution in [0.5, 0.6) is 11.5 Å². The molecule has 0 amide bonds. The molecule has 1 aromatic rings. The van der Waals surface area contributed by atoms with E-state index in [2.05, 4.69) is 0 Å². The Kier molecular flexibility index (Phi) is 2.66. The van der Waals surface area contributed by atoms with Crippen LogP contribution in [0.15, 0.2) is 12.1 Å². The Morgan fingerprint density at radius 1 is 1.38 bits per heavy atom. The smallest absolute Gasteiger partial charge is 0.325 e. The topological polar surface area (TPSA) is 81.8 Å². The lowest BCUT2D eigenvalue weighted by atomic mass is 10.1. The number of fused-ring (bicyclic) bond motifs is 1. The van der Waals surface area contributed by atoms with Gasteiger partial charge in [-0.25, -0.2) is 4.39 Å². The zero-order chi connectivity index (χ0) is 11.7. The fraction of sp³-hybridized carbons (Fsp3) is 0.300. The number of halogens is 1. The molecule has 0 bridgehead atoms. The van der Waals surface area contributed by atoms with Crippen LogP contribution in [-0.4, -0.2) is 24.3 Å². The van der Waals surface area contributed by atoms with Crippen LogP contribution in [0, 0.1) is 5.82 Å². The van der Waals surface area contributed by atoms with Crippen molar-refractivity contribution in [2.45, 2.75) is 6.04 Å². The summed E-state index contributed by atoms with van der Waals surface area (Å²) in [6, 6.07) is 1.16. The summed E-state index contributed by atoms with van der Waals surface area (Å²) in [5.74, 6) is -1.78. The van der Waals surface area contributed by atoms with Gasteiger partial charge in [0.1, 0.15) is 19.3 Å². The van der Waals surface area contributed by atoms with Crippen molar-refractivity contribution < 1.29 is 23.8 Å². The monoisotopic (exact) mass is 227 g/mol. The number of nitrogens with two attached hydrogens (primary N) is 1. The van der Waals surface area contributed by atoms with Gasteiger partial charge in [0, 0.05) is 5.56 Å². The number of benzene rings is 1. The number of hydrogen-bond acceptors (Lipinski definition) is 4. The SMILES string of the molecule is NC(C(=O)O)c1ccc(F)c2c1OCCO2. The summed E-state index contributed by atoms with van der Waals surface area (Å²) in [6.07, 6.45) is 0. The van der Waals surface area contributed by atoms with E-state index in [0.29, 0.717) is 0 Å². The number of carbonyl (C=O) groups is 1.